The molecule has 2 aliphatic rings. The van der Waals surface area contributed by atoms with E-state index in [1.54, 1.807) is 21.2 Å². The number of aliphatic imine (C=N–C) groups is 1. The quantitative estimate of drug-likeness (QED) is 0.493. The van der Waals surface area contributed by atoms with E-state index >= 15 is 0 Å². The molecule has 0 aromatic carbocycles. The predicted molar refractivity (Wildman–Crippen MR) is 95.8 cm³/mol. The van der Waals surface area contributed by atoms with Crippen molar-refractivity contribution in [3.05, 3.63) is 0 Å². The van der Waals surface area contributed by atoms with E-state index in [1.165, 1.54) is 4.90 Å². The minimum Gasteiger partial charge on any atom is -0.381 e. The molecule has 2 aliphatic heterocycles. The molecule has 2 rings (SSSR count). The lowest BCUT2D eigenvalue weighted by molar-refractivity contribution is -0.127. The van der Waals surface area contributed by atoms with Gasteiger partial charge in [0.25, 0.3) is 0 Å². The van der Waals surface area contributed by atoms with Crippen molar-refractivity contribution < 1.29 is 19.0 Å². The monoisotopic (exact) mass is 356 g/mol. The molecular formula is C17H32N4O4. The van der Waals surface area contributed by atoms with Crippen LogP contribution in [0.3, 0.4) is 0 Å². The van der Waals surface area contributed by atoms with Crippen LogP contribution in [-0.2, 0) is 19.0 Å². The summed E-state index contributed by atoms with van der Waals surface area (Å²) < 4.78 is 16.8. The molecule has 0 saturated carbocycles. The van der Waals surface area contributed by atoms with Crippen molar-refractivity contribution in [3.8, 4) is 0 Å². The summed E-state index contributed by atoms with van der Waals surface area (Å²) in [5.74, 6) is 0.583. The Labute approximate surface area is 150 Å². The first-order valence-electron chi connectivity index (χ1n) is 9.01. The number of hydrogen-bond donors (Lipinski definition) is 2. The average Bonchev–Trinajstić information content (AvgIpc) is 3.15. The Kier molecular flexibility index (Phi) is 7.92. The molecule has 0 aromatic heterocycles. The summed E-state index contributed by atoms with van der Waals surface area (Å²) in [6.07, 6.45) is 4.03. The molecule has 8 heteroatoms. The zero-order chi connectivity index (χ0) is 18.1. The summed E-state index contributed by atoms with van der Waals surface area (Å²) in [5.41, 5.74) is -0.254. The highest BCUT2D eigenvalue weighted by atomic mass is 16.5. The van der Waals surface area contributed by atoms with Gasteiger partial charge in [0.05, 0.1) is 11.7 Å². The third kappa shape index (κ3) is 6.45. The maximum absolute atomic E-state index is 11.8. The van der Waals surface area contributed by atoms with Gasteiger partial charge in [0.2, 0.25) is 5.91 Å². The number of likely N-dealkylation sites (N-methyl/N-ethyl adjacent to an activating group) is 1. The Morgan fingerprint density at radius 3 is 2.64 bits per heavy atom. The summed E-state index contributed by atoms with van der Waals surface area (Å²) in [7, 11) is 5.19. The van der Waals surface area contributed by atoms with E-state index < -0.39 is 0 Å². The van der Waals surface area contributed by atoms with E-state index in [1.807, 2.05) is 0 Å². The number of hydrogen-bond acceptors (Lipinski definition) is 5. The largest absolute Gasteiger partial charge is 0.381 e. The standard InChI is InChI=1S/C17H32N4O4/c1-21(2)15(22)12-19-16(18-11-14-5-4-8-25-14)20-13-17(23-3)6-9-24-10-7-17/h14H,4-13H2,1-3H3,(H2,18,19,20). The lowest BCUT2D eigenvalue weighted by Crippen LogP contribution is -2.51. The Balaban J connectivity index is 1.91. The van der Waals surface area contributed by atoms with Crippen molar-refractivity contribution in [1.29, 1.82) is 0 Å². The van der Waals surface area contributed by atoms with Crippen LogP contribution in [0.2, 0.25) is 0 Å². The molecule has 2 saturated heterocycles. The first kappa shape index (κ1) is 19.9. The maximum atomic E-state index is 11.8. The first-order chi connectivity index (χ1) is 12.0. The van der Waals surface area contributed by atoms with Crippen LogP contribution >= 0.6 is 0 Å². The van der Waals surface area contributed by atoms with Gasteiger partial charge < -0.3 is 29.7 Å². The van der Waals surface area contributed by atoms with Gasteiger partial charge in [0.15, 0.2) is 5.96 Å². The fraction of sp³-hybridized carbons (Fsp3) is 0.882. The Morgan fingerprint density at radius 2 is 2.04 bits per heavy atom. The van der Waals surface area contributed by atoms with E-state index in [-0.39, 0.29) is 24.2 Å². The average molecular weight is 356 g/mol. The maximum Gasteiger partial charge on any atom is 0.243 e. The van der Waals surface area contributed by atoms with Crippen LogP contribution in [0.1, 0.15) is 25.7 Å². The van der Waals surface area contributed by atoms with Crippen LogP contribution in [0.25, 0.3) is 0 Å². The molecule has 1 unspecified atom stereocenters. The molecule has 0 aliphatic carbocycles. The Hall–Kier alpha value is -1.38. The highest BCUT2D eigenvalue weighted by Crippen LogP contribution is 2.23. The molecule has 0 radical (unpaired) electrons. The summed E-state index contributed by atoms with van der Waals surface area (Å²) in [4.78, 5) is 17.8. The minimum absolute atomic E-state index is 0.0364. The lowest BCUT2D eigenvalue weighted by Gasteiger charge is -2.36. The third-order valence-electron chi connectivity index (χ3n) is 4.81. The smallest absolute Gasteiger partial charge is 0.243 e. The van der Waals surface area contributed by atoms with Crippen molar-refractivity contribution in [2.45, 2.75) is 37.4 Å². The molecule has 1 atom stereocenters. The number of guanidine groups is 1. The molecule has 8 nitrogen and oxygen atoms in total. The Bertz CT molecular complexity index is 444. The Morgan fingerprint density at radius 1 is 1.28 bits per heavy atom. The second kappa shape index (κ2) is 9.94. The van der Waals surface area contributed by atoms with Gasteiger partial charge in [-0.15, -0.1) is 0 Å². The second-order valence-corrected chi connectivity index (χ2v) is 6.82. The predicted octanol–water partition coefficient (Wildman–Crippen LogP) is -0.0156. The third-order valence-corrected chi connectivity index (χ3v) is 4.81. The molecule has 2 heterocycles. The number of carbonyl (C=O) groups is 1. The van der Waals surface area contributed by atoms with Gasteiger partial charge in [-0.05, 0) is 12.8 Å². The summed E-state index contributed by atoms with van der Waals surface area (Å²) >= 11 is 0. The molecule has 144 valence electrons. The summed E-state index contributed by atoms with van der Waals surface area (Å²) in [6.45, 7) is 3.63. The van der Waals surface area contributed by atoms with E-state index in [2.05, 4.69) is 15.6 Å². The van der Waals surface area contributed by atoms with Crippen LogP contribution in [0, 0.1) is 0 Å². The van der Waals surface area contributed by atoms with Crippen LogP contribution in [-0.4, -0.2) is 89.1 Å². The SMILES string of the molecule is COC1(CNC(=NCC(=O)N(C)C)NCC2CCCO2)CCOCC1. The number of nitrogens with zero attached hydrogens (tertiary/aromatic N) is 2. The number of methoxy groups -OCH3 is 1. The fourth-order valence-corrected chi connectivity index (χ4v) is 2.92. The van der Waals surface area contributed by atoms with E-state index in [9.17, 15) is 4.79 Å². The molecule has 2 N–H and O–H groups in total. The van der Waals surface area contributed by atoms with Gasteiger partial charge >= 0.3 is 0 Å². The molecule has 0 bridgehead atoms. The van der Waals surface area contributed by atoms with Crippen LogP contribution in [0.15, 0.2) is 4.99 Å². The molecular weight excluding hydrogens is 324 g/mol. The van der Waals surface area contributed by atoms with Gasteiger partial charge in [-0.2, -0.15) is 0 Å². The second-order valence-electron chi connectivity index (χ2n) is 6.82. The minimum atomic E-state index is -0.254. The van der Waals surface area contributed by atoms with E-state index in [0.29, 0.717) is 32.3 Å². The van der Waals surface area contributed by atoms with Gasteiger partial charge in [0, 0.05) is 67.0 Å². The highest BCUT2D eigenvalue weighted by molar-refractivity contribution is 5.84. The summed E-state index contributed by atoms with van der Waals surface area (Å²) in [5, 5.41) is 6.62. The number of rotatable bonds is 7. The lowest BCUT2D eigenvalue weighted by atomic mass is 9.94. The molecule has 1 amide bonds. The van der Waals surface area contributed by atoms with Crippen molar-refractivity contribution in [2.75, 3.05) is 60.7 Å². The topological polar surface area (TPSA) is 84.4 Å². The van der Waals surface area contributed by atoms with Gasteiger partial charge in [-0.25, -0.2) is 4.99 Å². The van der Waals surface area contributed by atoms with Gasteiger partial charge in [-0.1, -0.05) is 0 Å². The number of ether oxygens (including phenoxy) is 3. The van der Waals surface area contributed by atoms with Crippen molar-refractivity contribution in [1.82, 2.24) is 15.5 Å². The van der Waals surface area contributed by atoms with Crippen LogP contribution in [0.4, 0.5) is 0 Å². The van der Waals surface area contributed by atoms with Gasteiger partial charge in [-0.3, -0.25) is 4.79 Å². The molecule has 0 spiro atoms. The number of carbonyl (C=O) groups excluding carboxylic acids is 1. The zero-order valence-corrected chi connectivity index (χ0v) is 15.7. The molecule has 25 heavy (non-hydrogen) atoms. The first-order valence-corrected chi connectivity index (χ1v) is 9.01. The molecule has 2 fully saturated rings. The number of amides is 1. The summed E-state index contributed by atoms with van der Waals surface area (Å²) in [6, 6.07) is 0. The van der Waals surface area contributed by atoms with Gasteiger partial charge in [0.1, 0.15) is 6.54 Å². The zero-order valence-electron chi connectivity index (χ0n) is 15.7. The number of nitrogens with one attached hydrogen (secondary N) is 2. The van der Waals surface area contributed by atoms with E-state index in [4.69, 9.17) is 14.2 Å². The van der Waals surface area contributed by atoms with Crippen LogP contribution < -0.4 is 10.6 Å². The van der Waals surface area contributed by atoms with Crippen LogP contribution in [0.5, 0.6) is 0 Å². The fourth-order valence-electron chi connectivity index (χ4n) is 2.92. The highest BCUT2D eigenvalue weighted by Gasteiger charge is 2.32. The van der Waals surface area contributed by atoms with Crippen molar-refractivity contribution in [3.63, 3.8) is 0 Å². The van der Waals surface area contributed by atoms with Crippen molar-refractivity contribution >= 4 is 11.9 Å². The normalized spacial score (nSPS) is 23.3. The van der Waals surface area contributed by atoms with Crippen molar-refractivity contribution in [2.24, 2.45) is 4.99 Å². The molecule has 0 aromatic rings. The van der Waals surface area contributed by atoms with E-state index in [0.717, 1.165) is 32.3 Å².